The van der Waals surface area contributed by atoms with Crippen molar-refractivity contribution in [3.8, 4) is 17.1 Å². The molecule has 0 saturated carbocycles. The topological polar surface area (TPSA) is 140 Å². The molecule has 3 N–H and O–H groups in total. The average molecular weight is 613 g/mol. The zero-order chi connectivity index (χ0) is 30.9. The van der Waals surface area contributed by atoms with E-state index in [-0.39, 0.29) is 49.7 Å². The number of likely N-dealkylation sites (tertiary alicyclic amines) is 2. The van der Waals surface area contributed by atoms with Crippen molar-refractivity contribution in [1.29, 1.82) is 0 Å². The maximum absolute atomic E-state index is 14.7. The molecule has 0 aliphatic carbocycles. The summed E-state index contributed by atoms with van der Waals surface area (Å²) in [5.74, 6) is -3.35. The minimum absolute atomic E-state index is 0.0530. The second-order valence-electron chi connectivity index (χ2n) is 10.3. The van der Waals surface area contributed by atoms with Crippen LogP contribution in [-0.4, -0.2) is 106 Å². The molecular weight excluding hydrogens is 583 g/mol. The standard InChI is InChI=1S/C26H29F5N8O4/c1-42-24-16(23(40)36-18-11-38(10-17(18)27)25(41)43-12-20(28)29)6-14(8-33-24)19-7-15(21-22(32)34-13-35-39(19)21)9-37-4-2-26(30,31)3-5-37/h6-8,13,17-18,20H,2-5,9-12H2,1H3,(H,36,40)(H2,32,34,35)/t17-,18+/m0/s1. The molecule has 2 aliphatic heterocycles. The number of amides is 2. The van der Waals surface area contributed by atoms with Crippen LogP contribution >= 0.6 is 0 Å². The second-order valence-corrected chi connectivity index (χ2v) is 10.3. The zero-order valence-corrected chi connectivity index (χ0v) is 23.0. The molecule has 0 radical (unpaired) electrons. The minimum Gasteiger partial charge on any atom is -0.480 e. The smallest absolute Gasteiger partial charge is 0.410 e. The van der Waals surface area contributed by atoms with Crippen LogP contribution in [0.25, 0.3) is 16.8 Å². The molecule has 2 saturated heterocycles. The Balaban J connectivity index is 1.39. The van der Waals surface area contributed by atoms with Gasteiger partial charge < -0.3 is 25.4 Å². The van der Waals surface area contributed by atoms with Gasteiger partial charge in [-0.05, 0) is 17.7 Å². The van der Waals surface area contributed by atoms with Crippen LogP contribution in [0.5, 0.6) is 5.88 Å². The summed E-state index contributed by atoms with van der Waals surface area (Å²) in [6.45, 7) is -1.17. The first kappa shape index (κ1) is 30.2. The second kappa shape index (κ2) is 12.1. The molecule has 0 spiro atoms. The van der Waals surface area contributed by atoms with E-state index in [4.69, 9.17) is 10.5 Å². The highest BCUT2D eigenvalue weighted by molar-refractivity contribution is 5.98. The highest BCUT2D eigenvalue weighted by atomic mass is 19.3. The SMILES string of the molecule is COc1ncc(-c2cc(CN3CCC(F)(F)CC3)c3c(N)ncnn23)cc1C(=O)N[C@@H]1CN(C(=O)OCC(F)F)C[C@@H]1F. The summed E-state index contributed by atoms with van der Waals surface area (Å²) in [5, 5.41) is 6.81. The molecule has 0 unspecified atom stereocenters. The van der Waals surface area contributed by atoms with Gasteiger partial charge in [-0.1, -0.05) is 0 Å². The molecule has 3 aromatic rings. The first-order valence-corrected chi connectivity index (χ1v) is 13.4. The van der Waals surface area contributed by atoms with Crippen molar-refractivity contribution in [2.45, 2.75) is 43.9 Å². The molecule has 43 heavy (non-hydrogen) atoms. The molecule has 3 aromatic heterocycles. The van der Waals surface area contributed by atoms with Crippen molar-refractivity contribution in [1.82, 2.24) is 34.7 Å². The Hall–Kier alpha value is -4.28. The van der Waals surface area contributed by atoms with Crippen LogP contribution in [0.15, 0.2) is 24.7 Å². The van der Waals surface area contributed by atoms with E-state index >= 15 is 0 Å². The van der Waals surface area contributed by atoms with Gasteiger partial charge in [0, 0.05) is 50.8 Å². The van der Waals surface area contributed by atoms with Crippen molar-refractivity contribution in [3.05, 3.63) is 35.8 Å². The summed E-state index contributed by atoms with van der Waals surface area (Å²) in [7, 11) is 1.30. The lowest BCUT2D eigenvalue weighted by Crippen LogP contribution is -2.42. The quantitative estimate of drug-likeness (QED) is 0.368. The number of nitrogens with one attached hydrogen (secondary N) is 1. The van der Waals surface area contributed by atoms with Gasteiger partial charge in [0.2, 0.25) is 5.88 Å². The largest absolute Gasteiger partial charge is 0.480 e. The van der Waals surface area contributed by atoms with Crippen LogP contribution in [0.3, 0.4) is 0 Å². The van der Waals surface area contributed by atoms with Gasteiger partial charge in [0.15, 0.2) is 12.4 Å². The van der Waals surface area contributed by atoms with Crippen LogP contribution in [0.4, 0.5) is 32.6 Å². The number of nitrogens with zero attached hydrogens (tertiary/aromatic N) is 6. The molecule has 0 aromatic carbocycles. The first-order chi connectivity index (χ1) is 20.5. The number of hydrogen-bond donors (Lipinski definition) is 2. The van der Waals surface area contributed by atoms with E-state index in [0.717, 1.165) is 4.90 Å². The fourth-order valence-corrected chi connectivity index (χ4v) is 5.19. The first-order valence-electron chi connectivity index (χ1n) is 13.4. The Kier molecular flexibility index (Phi) is 8.52. The van der Waals surface area contributed by atoms with Crippen LogP contribution in [0.1, 0.15) is 28.8 Å². The molecule has 2 fully saturated rings. The van der Waals surface area contributed by atoms with Gasteiger partial charge >= 0.3 is 6.09 Å². The average Bonchev–Trinajstić information content (AvgIpc) is 3.53. The number of methoxy groups -OCH3 is 1. The van der Waals surface area contributed by atoms with Crippen molar-refractivity contribution in [3.63, 3.8) is 0 Å². The number of hydrogen-bond acceptors (Lipinski definition) is 9. The summed E-state index contributed by atoms with van der Waals surface area (Å²) in [5.41, 5.74) is 8.17. The minimum atomic E-state index is -2.87. The maximum atomic E-state index is 14.7. The lowest BCUT2D eigenvalue weighted by molar-refractivity contribution is -0.0565. The number of fused-ring (bicyclic) bond motifs is 1. The Morgan fingerprint density at radius 3 is 2.63 bits per heavy atom. The summed E-state index contributed by atoms with van der Waals surface area (Å²) < 4.78 is 78.1. The maximum Gasteiger partial charge on any atom is 0.410 e. The van der Waals surface area contributed by atoms with Crippen molar-refractivity contribution in [2.75, 3.05) is 45.6 Å². The van der Waals surface area contributed by atoms with E-state index in [2.05, 4.69) is 25.1 Å². The predicted octanol–water partition coefficient (Wildman–Crippen LogP) is 2.77. The van der Waals surface area contributed by atoms with Gasteiger partial charge in [-0.15, -0.1) is 0 Å². The predicted molar refractivity (Wildman–Crippen MR) is 142 cm³/mol. The fourth-order valence-electron chi connectivity index (χ4n) is 5.19. The number of halogens is 5. The monoisotopic (exact) mass is 612 g/mol. The number of nitrogen functional groups attached to an aromatic ring is 1. The van der Waals surface area contributed by atoms with E-state index < -0.39 is 49.7 Å². The fraction of sp³-hybridized carbons (Fsp3) is 0.500. The van der Waals surface area contributed by atoms with Gasteiger partial charge in [-0.3, -0.25) is 9.69 Å². The number of carbonyl (C=O) groups is 2. The summed E-state index contributed by atoms with van der Waals surface area (Å²) in [6, 6.07) is 2.07. The summed E-state index contributed by atoms with van der Waals surface area (Å²) in [6.07, 6.45) is -3.49. The number of rotatable bonds is 8. The van der Waals surface area contributed by atoms with Crippen molar-refractivity contribution in [2.24, 2.45) is 0 Å². The molecular formula is C26H29F5N8O4. The van der Waals surface area contributed by atoms with Gasteiger partial charge in [0.05, 0.1) is 25.4 Å². The van der Waals surface area contributed by atoms with Crippen LogP contribution in [0.2, 0.25) is 0 Å². The van der Waals surface area contributed by atoms with Gasteiger partial charge in [-0.2, -0.15) is 5.10 Å². The lowest BCUT2D eigenvalue weighted by Gasteiger charge is -2.31. The van der Waals surface area contributed by atoms with E-state index in [1.807, 2.05) is 4.90 Å². The number of alkyl halides is 5. The lowest BCUT2D eigenvalue weighted by atomic mass is 10.1. The third kappa shape index (κ3) is 6.55. The Morgan fingerprint density at radius 1 is 1.19 bits per heavy atom. The number of ether oxygens (including phenoxy) is 2. The molecule has 2 aliphatic rings. The molecule has 5 heterocycles. The number of pyridine rings is 1. The number of aromatic nitrogens is 4. The number of anilines is 1. The van der Waals surface area contributed by atoms with Gasteiger partial charge in [-0.25, -0.2) is 41.2 Å². The third-order valence-corrected chi connectivity index (χ3v) is 7.38. The molecule has 5 rings (SSSR count). The van der Waals surface area contributed by atoms with Crippen LogP contribution < -0.4 is 15.8 Å². The Morgan fingerprint density at radius 2 is 1.93 bits per heavy atom. The van der Waals surface area contributed by atoms with Crippen LogP contribution in [-0.2, 0) is 11.3 Å². The molecule has 232 valence electrons. The highest BCUT2D eigenvalue weighted by Crippen LogP contribution is 2.33. The van der Waals surface area contributed by atoms with Gasteiger partial charge in [0.25, 0.3) is 18.3 Å². The van der Waals surface area contributed by atoms with E-state index in [1.54, 1.807) is 6.07 Å². The Labute approximate surface area is 241 Å². The molecule has 12 nitrogen and oxygen atoms in total. The number of carbonyl (C=O) groups excluding carboxylic acids is 2. The normalized spacial score (nSPS) is 20.5. The zero-order valence-electron chi connectivity index (χ0n) is 23.0. The summed E-state index contributed by atoms with van der Waals surface area (Å²) in [4.78, 5) is 36.3. The van der Waals surface area contributed by atoms with Crippen molar-refractivity contribution >= 4 is 23.3 Å². The third-order valence-electron chi connectivity index (χ3n) is 7.38. The van der Waals surface area contributed by atoms with E-state index in [0.29, 0.717) is 28.9 Å². The molecule has 0 bridgehead atoms. The summed E-state index contributed by atoms with van der Waals surface area (Å²) >= 11 is 0. The number of piperidine rings is 1. The van der Waals surface area contributed by atoms with Crippen molar-refractivity contribution < 1.29 is 41.0 Å². The highest BCUT2D eigenvalue weighted by Gasteiger charge is 2.38. The Bertz CT molecular complexity index is 1500. The van der Waals surface area contributed by atoms with Gasteiger partial charge in [0.1, 0.15) is 23.6 Å². The van der Waals surface area contributed by atoms with E-state index in [9.17, 15) is 31.5 Å². The number of nitrogens with two attached hydrogens (primary N) is 1. The van der Waals surface area contributed by atoms with E-state index in [1.165, 1.54) is 30.2 Å². The molecule has 17 heteroatoms. The van der Waals surface area contributed by atoms with Crippen LogP contribution in [0, 0.1) is 0 Å². The molecule has 2 atom stereocenters. The molecule has 2 amide bonds.